The highest BCUT2D eigenvalue weighted by Crippen LogP contribution is 2.30. The third-order valence-corrected chi connectivity index (χ3v) is 4.84. The van der Waals surface area contributed by atoms with Crippen LogP contribution >= 0.6 is 0 Å². The van der Waals surface area contributed by atoms with E-state index in [2.05, 4.69) is 9.97 Å². The van der Waals surface area contributed by atoms with Crippen LogP contribution in [-0.4, -0.2) is 28.1 Å². The van der Waals surface area contributed by atoms with Crippen LogP contribution < -0.4 is 20.1 Å². The predicted molar refractivity (Wildman–Crippen MR) is 106 cm³/mol. The lowest BCUT2D eigenvalue weighted by molar-refractivity contribution is -0.141. The summed E-state index contributed by atoms with van der Waals surface area (Å²) in [6, 6.07) is 8.64. The molecular formula is C21H18F4N4O3. The van der Waals surface area contributed by atoms with Gasteiger partial charge in [-0.2, -0.15) is 18.2 Å². The summed E-state index contributed by atoms with van der Waals surface area (Å²) >= 11 is 0. The second kappa shape index (κ2) is 8.48. The van der Waals surface area contributed by atoms with Crippen LogP contribution in [0.5, 0.6) is 17.5 Å². The average Bonchev–Trinajstić information content (AvgIpc) is 2.74. The molecule has 3 aromatic rings. The predicted octanol–water partition coefficient (Wildman–Crippen LogP) is 4.01. The Morgan fingerprint density at radius 1 is 1.06 bits per heavy atom. The molecule has 0 spiro atoms. The topological polar surface area (TPSA) is 69.5 Å². The SMILES string of the molecule is CN1CCCn2c1cc(OCc1ccc(Oc3cccc(C(F)(F)F)n3)c(F)c1)nc2=O. The number of aromatic nitrogens is 3. The minimum absolute atomic E-state index is 0.0708. The molecule has 11 heteroatoms. The second-order valence-corrected chi connectivity index (χ2v) is 7.18. The maximum Gasteiger partial charge on any atom is 0.433 e. The number of rotatable bonds is 5. The molecule has 7 nitrogen and oxygen atoms in total. The van der Waals surface area contributed by atoms with Crippen molar-refractivity contribution in [2.75, 3.05) is 18.5 Å². The quantitative estimate of drug-likeness (QED) is 0.548. The van der Waals surface area contributed by atoms with E-state index < -0.39 is 23.4 Å². The molecule has 0 N–H and O–H groups in total. The number of pyridine rings is 1. The normalized spacial score (nSPS) is 13.6. The Morgan fingerprint density at radius 3 is 2.62 bits per heavy atom. The fraction of sp³-hybridized carbons (Fsp3) is 0.286. The van der Waals surface area contributed by atoms with Crippen LogP contribution in [0.25, 0.3) is 0 Å². The van der Waals surface area contributed by atoms with Gasteiger partial charge in [0.2, 0.25) is 11.8 Å². The molecule has 0 unspecified atom stereocenters. The minimum atomic E-state index is -4.64. The van der Waals surface area contributed by atoms with Crippen molar-refractivity contribution >= 4 is 5.82 Å². The third kappa shape index (κ3) is 4.66. The van der Waals surface area contributed by atoms with Gasteiger partial charge >= 0.3 is 11.9 Å². The Bertz CT molecular complexity index is 1200. The summed E-state index contributed by atoms with van der Waals surface area (Å²) in [6.07, 6.45) is -3.80. The molecule has 0 fully saturated rings. The average molecular weight is 450 g/mol. The summed E-state index contributed by atoms with van der Waals surface area (Å²) in [6.45, 7) is 1.31. The molecule has 3 heterocycles. The summed E-state index contributed by atoms with van der Waals surface area (Å²) < 4.78 is 65.0. The number of ether oxygens (including phenoxy) is 2. The lowest BCUT2D eigenvalue weighted by atomic mass is 10.2. The van der Waals surface area contributed by atoms with E-state index in [1.165, 1.54) is 18.2 Å². The highest BCUT2D eigenvalue weighted by atomic mass is 19.4. The molecule has 0 saturated carbocycles. The van der Waals surface area contributed by atoms with Crippen molar-refractivity contribution < 1.29 is 27.0 Å². The molecule has 2 aromatic heterocycles. The maximum absolute atomic E-state index is 14.4. The first-order valence-electron chi connectivity index (χ1n) is 9.67. The summed E-state index contributed by atoms with van der Waals surface area (Å²) in [5.74, 6) is -0.667. The summed E-state index contributed by atoms with van der Waals surface area (Å²) in [5.41, 5.74) is -1.15. The van der Waals surface area contributed by atoms with E-state index in [0.717, 1.165) is 31.2 Å². The smallest absolute Gasteiger partial charge is 0.433 e. The molecule has 0 amide bonds. The van der Waals surface area contributed by atoms with Crippen LogP contribution in [0.2, 0.25) is 0 Å². The summed E-state index contributed by atoms with van der Waals surface area (Å²) in [7, 11) is 1.86. The second-order valence-electron chi connectivity index (χ2n) is 7.18. The number of anilines is 1. The number of halogens is 4. The number of benzene rings is 1. The van der Waals surface area contributed by atoms with Gasteiger partial charge in [-0.1, -0.05) is 12.1 Å². The van der Waals surface area contributed by atoms with Crippen molar-refractivity contribution in [1.29, 1.82) is 0 Å². The molecule has 1 aliphatic heterocycles. The van der Waals surface area contributed by atoms with Crippen molar-refractivity contribution in [3.63, 3.8) is 0 Å². The number of hydrogen-bond donors (Lipinski definition) is 0. The summed E-state index contributed by atoms with van der Waals surface area (Å²) in [4.78, 5) is 21.4. The minimum Gasteiger partial charge on any atom is -0.473 e. The van der Waals surface area contributed by atoms with Crippen LogP contribution in [0.3, 0.4) is 0 Å². The van der Waals surface area contributed by atoms with Gasteiger partial charge in [0.1, 0.15) is 18.1 Å². The highest BCUT2D eigenvalue weighted by Gasteiger charge is 2.32. The van der Waals surface area contributed by atoms with Gasteiger partial charge < -0.3 is 14.4 Å². The Labute approximate surface area is 179 Å². The largest absolute Gasteiger partial charge is 0.473 e. The van der Waals surface area contributed by atoms with Gasteiger partial charge in [0.05, 0.1) is 0 Å². The lowest BCUT2D eigenvalue weighted by Gasteiger charge is -2.28. The van der Waals surface area contributed by atoms with Crippen molar-refractivity contribution in [3.05, 3.63) is 70.0 Å². The van der Waals surface area contributed by atoms with Gasteiger partial charge in [0.25, 0.3) is 0 Å². The van der Waals surface area contributed by atoms with Gasteiger partial charge in [0.15, 0.2) is 11.6 Å². The molecule has 4 rings (SSSR count). The van der Waals surface area contributed by atoms with Crippen LogP contribution in [-0.2, 0) is 19.3 Å². The zero-order valence-electron chi connectivity index (χ0n) is 16.9. The van der Waals surface area contributed by atoms with Crippen molar-refractivity contribution in [1.82, 2.24) is 14.5 Å². The zero-order valence-corrected chi connectivity index (χ0v) is 16.9. The van der Waals surface area contributed by atoms with Crippen molar-refractivity contribution in [2.24, 2.45) is 0 Å². The van der Waals surface area contributed by atoms with Crippen LogP contribution in [0.15, 0.2) is 47.3 Å². The molecule has 0 atom stereocenters. The Kier molecular flexibility index (Phi) is 5.72. The Hall–Kier alpha value is -3.63. The molecule has 0 radical (unpaired) electrons. The van der Waals surface area contributed by atoms with E-state index in [0.29, 0.717) is 17.9 Å². The number of hydrogen-bond acceptors (Lipinski definition) is 6. The van der Waals surface area contributed by atoms with E-state index in [4.69, 9.17) is 9.47 Å². The van der Waals surface area contributed by atoms with Crippen LogP contribution in [0, 0.1) is 5.82 Å². The van der Waals surface area contributed by atoms with Gasteiger partial charge in [-0.15, -0.1) is 0 Å². The summed E-state index contributed by atoms with van der Waals surface area (Å²) in [5, 5.41) is 0. The number of fused-ring (bicyclic) bond motifs is 1. The standard InChI is InChI=1S/C21H18F4N4O3/c1-28-8-3-9-29-19(28)11-18(27-20(29)30)31-12-13-6-7-15(14(22)10-13)32-17-5-2-4-16(26-17)21(23,24)25/h2,4-7,10-11H,3,8-9,12H2,1H3. The molecule has 0 saturated heterocycles. The van der Waals surface area contributed by atoms with E-state index in [1.54, 1.807) is 10.6 Å². The van der Waals surface area contributed by atoms with Crippen LogP contribution in [0.4, 0.5) is 23.4 Å². The molecule has 0 aliphatic carbocycles. The fourth-order valence-electron chi connectivity index (χ4n) is 3.27. The molecule has 168 valence electrons. The van der Waals surface area contributed by atoms with E-state index in [-0.39, 0.29) is 24.1 Å². The Morgan fingerprint density at radius 2 is 1.88 bits per heavy atom. The third-order valence-electron chi connectivity index (χ3n) is 4.84. The number of nitrogens with zero attached hydrogens (tertiary/aromatic N) is 4. The van der Waals surface area contributed by atoms with Gasteiger partial charge in [0, 0.05) is 32.3 Å². The van der Waals surface area contributed by atoms with Crippen molar-refractivity contribution in [2.45, 2.75) is 25.7 Å². The molecule has 1 aromatic carbocycles. The monoisotopic (exact) mass is 450 g/mol. The molecule has 1 aliphatic rings. The lowest BCUT2D eigenvalue weighted by Crippen LogP contribution is -2.36. The van der Waals surface area contributed by atoms with Gasteiger partial charge in [-0.05, 0) is 30.2 Å². The van der Waals surface area contributed by atoms with E-state index in [1.807, 2.05) is 11.9 Å². The van der Waals surface area contributed by atoms with Crippen molar-refractivity contribution in [3.8, 4) is 17.5 Å². The Balaban J connectivity index is 1.46. The van der Waals surface area contributed by atoms with Gasteiger partial charge in [-0.25, -0.2) is 14.2 Å². The van der Waals surface area contributed by atoms with E-state index >= 15 is 0 Å². The highest BCUT2D eigenvalue weighted by molar-refractivity contribution is 5.42. The van der Waals surface area contributed by atoms with E-state index in [9.17, 15) is 22.4 Å². The first-order chi connectivity index (χ1) is 15.2. The first-order valence-corrected chi connectivity index (χ1v) is 9.67. The molecular weight excluding hydrogens is 432 g/mol. The fourth-order valence-corrected chi connectivity index (χ4v) is 3.27. The molecule has 0 bridgehead atoms. The van der Waals surface area contributed by atoms with Gasteiger partial charge in [-0.3, -0.25) is 4.57 Å². The maximum atomic E-state index is 14.4. The number of alkyl halides is 3. The van der Waals surface area contributed by atoms with Crippen LogP contribution in [0.1, 0.15) is 17.7 Å². The first kappa shape index (κ1) is 21.6. The molecule has 32 heavy (non-hydrogen) atoms. The zero-order chi connectivity index (χ0) is 22.9.